The maximum atomic E-state index is 12.0. The molecule has 0 fully saturated rings. The van der Waals surface area contributed by atoms with Crippen molar-refractivity contribution in [3.63, 3.8) is 0 Å². The topological polar surface area (TPSA) is 118 Å². The molecule has 122 valence electrons. The monoisotopic (exact) mass is 342 g/mol. The van der Waals surface area contributed by atoms with Crippen LogP contribution >= 0.6 is 0 Å². The van der Waals surface area contributed by atoms with Gasteiger partial charge in [0.15, 0.2) is 0 Å². The first kappa shape index (κ1) is 15.9. The van der Waals surface area contributed by atoms with Crippen LogP contribution in [0.2, 0.25) is 0 Å². The Morgan fingerprint density at radius 1 is 1.17 bits per heavy atom. The van der Waals surface area contributed by atoms with Crippen molar-refractivity contribution in [2.24, 2.45) is 5.14 Å². The number of aromatic amines is 1. The lowest BCUT2D eigenvalue weighted by atomic mass is 10.2. The molecule has 2 aromatic carbocycles. The van der Waals surface area contributed by atoms with Crippen molar-refractivity contribution in [3.05, 3.63) is 60.3 Å². The van der Waals surface area contributed by atoms with Crippen LogP contribution in [-0.2, 0) is 14.8 Å². The van der Waals surface area contributed by atoms with E-state index in [0.717, 1.165) is 10.9 Å². The van der Waals surface area contributed by atoms with Crippen LogP contribution in [0.25, 0.3) is 17.0 Å². The number of fused-ring (bicyclic) bond motifs is 1. The maximum Gasteiger partial charge on any atom is 0.248 e. The predicted molar refractivity (Wildman–Crippen MR) is 91.6 cm³/mol. The molecule has 1 amide bonds. The summed E-state index contributed by atoms with van der Waals surface area (Å²) in [5, 5.41) is 15.5. The Labute approximate surface area is 138 Å². The molecule has 7 nitrogen and oxygen atoms in total. The van der Waals surface area contributed by atoms with Gasteiger partial charge in [0.25, 0.3) is 0 Å². The summed E-state index contributed by atoms with van der Waals surface area (Å²) in [6, 6.07) is 11.4. The van der Waals surface area contributed by atoms with Gasteiger partial charge in [-0.25, -0.2) is 13.6 Å². The summed E-state index contributed by atoms with van der Waals surface area (Å²) in [7, 11) is -3.72. The Morgan fingerprint density at radius 2 is 1.92 bits per heavy atom. The van der Waals surface area contributed by atoms with Crippen LogP contribution in [0.1, 0.15) is 5.56 Å². The van der Waals surface area contributed by atoms with Crippen molar-refractivity contribution in [2.75, 3.05) is 5.32 Å². The number of sulfonamides is 1. The SMILES string of the molecule is NS(=O)(=O)c1ccc(/C=C/C(=O)Nc2cccc3cn[nH]c23)cc1. The van der Waals surface area contributed by atoms with Crippen molar-refractivity contribution >= 4 is 38.6 Å². The van der Waals surface area contributed by atoms with Crippen molar-refractivity contribution in [1.29, 1.82) is 0 Å². The number of hydrogen-bond acceptors (Lipinski definition) is 4. The summed E-state index contributed by atoms with van der Waals surface area (Å²) in [6.45, 7) is 0. The van der Waals surface area contributed by atoms with E-state index in [1.807, 2.05) is 12.1 Å². The molecule has 8 heteroatoms. The maximum absolute atomic E-state index is 12.0. The highest BCUT2D eigenvalue weighted by atomic mass is 32.2. The molecule has 0 spiro atoms. The molecule has 0 atom stereocenters. The van der Waals surface area contributed by atoms with Gasteiger partial charge in [-0.05, 0) is 29.8 Å². The summed E-state index contributed by atoms with van der Waals surface area (Å²) in [6.07, 6.45) is 4.62. The zero-order chi connectivity index (χ0) is 17.2. The Hall–Kier alpha value is -2.97. The predicted octanol–water partition coefficient (Wildman–Crippen LogP) is 1.86. The zero-order valence-electron chi connectivity index (χ0n) is 12.4. The number of para-hydroxylation sites is 1. The minimum Gasteiger partial charge on any atom is -0.321 e. The van der Waals surface area contributed by atoms with Crippen LogP contribution in [0.15, 0.2) is 59.6 Å². The standard InChI is InChI=1S/C16H14N4O3S/c17-24(22,23)13-7-4-11(5-8-13)6-9-15(21)19-14-3-1-2-12-10-18-20-16(12)14/h1-10H,(H,18,20)(H,19,21)(H2,17,22,23)/b9-6+. The lowest BCUT2D eigenvalue weighted by Crippen LogP contribution is -2.11. The zero-order valence-corrected chi connectivity index (χ0v) is 13.2. The number of carbonyl (C=O) groups excluding carboxylic acids is 1. The molecule has 0 aliphatic heterocycles. The fraction of sp³-hybridized carbons (Fsp3) is 0. The summed E-state index contributed by atoms with van der Waals surface area (Å²) < 4.78 is 22.4. The molecule has 0 aliphatic carbocycles. The first-order chi connectivity index (χ1) is 11.4. The largest absolute Gasteiger partial charge is 0.321 e. The fourth-order valence-electron chi connectivity index (χ4n) is 2.19. The Bertz CT molecular complexity index is 1020. The van der Waals surface area contributed by atoms with Crippen LogP contribution in [0, 0.1) is 0 Å². The number of nitrogens with two attached hydrogens (primary N) is 1. The van der Waals surface area contributed by atoms with E-state index in [-0.39, 0.29) is 10.8 Å². The van der Waals surface area contributed by atoms with Crippen molar-refractivity contribution < 1.29 is 13.2 Å². The van der Waals surface area contributed by atoms with Crippen LogP contribution in [0.5, 0.6) is 0 Å². The van der Waals surface area contributed by atoms with Gasteiger partial charge >= 0.3 is 0 Å². The van der Waals surface area contributed by atoms with Gasteiger partial charge in [0.05, 0.1) is 22.3 Å². The summed E-state index contributed by atoms with van der Waals surface area (Å²) in [5.74, 6) is -0.312. The van der Waals surface area contributed by atoms with Crippen LogP contribution in [0.4, 0.5) is 5.69 Å². The minimum absolute atomic E-state index is 0.0232. The molecule has 0 unspecified atom stereocenters. The average Bonchev–Trinajstić information content (AvgIpc) is 3.02. The minimum atomic E-state index is -3.72. The summed E-state index contributed by atoms with van der Waals surface area (Å²) >= 11 is 0. The van der Waals surface area contributed by atoms with Crippen LogP contribution < -0.4 is 10.5 Å². The van der Waals surface area contributed by atoms with Gasteiger partial charge in [0, 0.05) is 11.5 Å². The van der Waals surface area contributed by atoms with Gasteiger partial charge in [-0.1, -0.05) is 24.3 Å². The van der Waals surface area contributed by atoms with Crippen molar-refractivity contribution in [3.8, 4) is 0 Å². The highest BCUT2D eigenvalue weighted by molar-refractivity contribution is 7.89. The van der Waals surface area contributed by atoms with E-state index in [4.69, 9.17) is 5.14 Å². The van der Waals surface area contributed by atoms with E-state index < -0.39 is 10.0 Å². The average molecular weight is 342 g/mol. The molecule has 24 heavy (non-hydrogen) atoms. The molecule has 0 bridgehead atoms. The van der Waals surface area contributed by atoms with Crippen molar-refractivity contribution in [2.45, 2.75) is 4.90 Å². The number of H-pyrrole nitrogens is 1. The second-order valence-electron chi connectivity index (χ2n) is 5.08. The summed E-state index contributed by atoms with van der Waals surface area (Å²) in [4.78, 5) is 12.1. The van der Waals surface area contributed by atoms with Gasteiger partial charge in [0.2, 0.25) is 15.9 Å². The lowest BCUT2D eigenvalue weighted by molar-refractivity contribution is -0.111. The Morgan fingerprint density at radius 3 is 2.62 bits per heavy atom. The lowest BCUT2D eigenvalue weighted by Gasteiger charge is -2.03. The van der Waals surface area contributed by atoms with Crippen LogP contribution in [-0.4, -0.2) is 24.5 Å². The number of hydrogen-bond donors (Lipinski definition) is 3. The first-order valence-corrected chi connectivity index (χ1v) is 8.52. The van der Waals surface area contributed by atoms with Gasteiger partial charge in [-0.15, -0.1) is 0 Å². The highest BCUT2D eigenvalue weighted by Crippen LogP contribution is 2.20. The molecule has 3 rings (SSSR count). The van der Waals surface area contributed by atoms with Gasteiger partial charge < -0.3 is 5.32 Å². The normalized spacial score (nSPS) is 11.9. The molecular formula is C16H14N4O3S. The number of rotatable bonds is 4. The number of primary sulfonamides is 1. The van der Waals surface area contributed by atoms with Crippen molar-refractivity contribution in [1.82, 2.24) is 10.2 Å². The number of nitrogens with one attached hydrogen (secondary N) is 2. The molecule has 0 aliphatic rings. The molecule has 1 aromatic heterocycles. The molecule has 1 heterocycles. The van der Waals surface area contributed by atoms with Gasteiger partial charge in [-0.3, -0.25) is 9.89 Å². The smallest absolute Gasteiger partial charge is 0.248 e. The number of nitrogens with zero attached hydrogens (tertiary/aromatic N) is 1. The number of anilines is 1. The molecule has 0 radical (unpaired) electrons. The quantitative estimate of drug-likeness (QED) is 0.627. The van der Waals surface area contributed by atoms with E-state index in [0.29, 0.717) is 11.3 Å². The van der Waals surface area contributed by atoms with E-state index in [2.05, 4.69) is 15.5 Å². The second kappa shape index (κ2) is 6.26. The van der Waals surface area contributed by atoms with E-state index in [9.17, 15) is 13.2 Å². The van der Waals surface area contributed by atoms with Gasteiger partial charge in [-0.2, -0.15) is 5.10 Å². The summed E-state index contributed by atoms with van der Waals surface area (Å²) in [5.41, 5.74) is 2.05. The third kappa shape index (κ3) is 3.50. The molecule has 0 saturated carbocycles. The van der Waals surface area contributed by atoms with E-state index in [1.54, 1.807) is 30.5 Å². The number of aromatic nitrogens is 2. The number of benzene rings is 2. The van der Waals surface area contributed by atoms with Gasteiger partial charge in [0.1, 0.15) is 0 Å². The molecule has 4 N–H and O–H groups in total. The highest BCUT2D eigenvalue weighted by Gasteiger charge is 2.07. The van der Waals surface area contributed by atoms with E-state index in [1.165, 1.54) is 18.2 Å². The first-order valence-electron chi connectivity index (χ1n) is 6.97. The third-order valence-electron chi connectivity index (χ3n) is 3.37. The third-order valence-corrected chi connectivity index (χ3v) is 4.30. The Balaban J connectivity index is 1.73. The fourth-order valence-corrected chi connectivity index (χ4v) is 2.70. The number of amides is 1. The Kier molecular flexibility index (Phi) is 4.15. The van der Waals surface area contributed by atoms with Crippen LogP contribution in [0.3, 0.4) is 0 Å². The number of carbonyl (C=O) groups is 1. The van der Waals surface area contributed by atoms with E-state index >= 15 is 0 Å². The molecular weight excluding hydrogens is 328 g/mol. The molecule has 3 aromatic rings. The molecule has 0 saturated heterocycles. The second-order valence-corrected chi connectivity index (χ2v) is 6.64.